The van der Waals surface area contributed by atoms with Crippen LogP contribution in [0.4, 0.5) is 14.9 Å². The molecule has 1 aliphatic rings. The van der Waals surface area contributed by atoms with Crippen molar-refractivity contribution in [2.24, 2.45) is 0 Å². The van der Waals surface area contributed by atoms with Crippen molar-refractivity contribution in [3.05, 3.63) is 82.3 Å². The Balaban J connectivity index is 1.64. The normalized spacial score (nSPS) is 15.1. The second kappa shape index (κ2) is 8.71. The molecule has 10 heteroatoms. The van der Waals surface area contributed by atoms with E-state index in [9.17, 15) is 23.6 Å². The van der Waals surface area contributed by atoms with Gasteiger partial charge in [0.15, 0.2) is 0 Å². The largest absolute Gasteiger partial charge is 0.465 e. The summed E-state index contributed by atoms with van der Waals surface area (Å²) in [4.78, 5) is 49.8. The number of hydrogen-bond acceptors (Lipinski definition) is 6. The number of carbonyl (C=O) groups excluding carboxylic acids is 4. The Morgan fingerprint density at radius 2 is 1.82 bits per heavy atom. The summed E-state index contributed by atoms with van der Waals surface area (Å²) in [6.45, 7) is 0. The third kappa shape index (κ3) is 4.26. The first-order valence-electron chi connectivity index (χ1n) is 9.43. The Morgan fingerprint density at radius 3 is 2.48 bits per heavy atom. The van der Waals surface area contributed by atoms with Gasteiger partial charge in [-0.2, -0.15) is 0 Å². The average Bonchev–Trinajstić information content (AvgIpc) is 3.26. The highest BCUT2D eigenvalue weighted by Gasteiger charge is 2.37. The first kappa shape index (κ1) is 22.0. The predicted molar refractivity (Wildman–Crippen MR) is 116 cm³/mol. The number of anilines is 1. The second-order valence-electron chi connectivity index (χ2n) is 6.82. The van der Waals surface area contributed by atoms with Crippen molar-refractivity contribution in [2.75, 3.05) is 12.0 Å². The number of ether oxygens (including phenoxy) is 1. The fourth-order valence-electron chi connectivity index (χ4n) is 3.15. The van der Waals surface area contributed by atoms with E-state index < -0.39 is 29.6 Å². The minimum atomic E-state index is -0.950. The lowest BCUT2D eigenvalue weighted by Gasteiger charge is -2.26. The SMILES string of the molecule is COC(=O)c1ccc(-c2ccc(/C=C3\C(=O)NC(=O)N(c4ccc(F)cc4)C3=O)o2)cc1Cl. The van der Waals surface area contributed by atoms with Crippen molar-refractivity contribution in [2.45, 2.75) is 0 Å². The van der Waals surface area contributed by atoms with Gasteiger partial charge in [-0.05, 0) is 54.6 Å². The van der Waals surface area contributed by atoms with Gasteiger partial charge < -0.3 is 9.15 Å². The monoisotopic (exact) mass is 468 g/mol. The van der Waals surface area contributed by atoms with Crippen LogP contribution < -0.4 is 10.2 Å². The third-order valence-corrected chi connectivity index (χ3v) is 5.07. The van der Waals surface area contributed by atoms with Gasteiger partial charge in [0.25, 0.3) is 11.8 Å². The maximum absolute atomic E-state index is 13.2. The van der Waals surface area contributed by atoms with Crippen molar-refractivity contribution in [1.29, 1.82) is 0 Å². The standard InChI is InChI=1S/C23H14ClFN2O6/c1-32-22(30)16-8-2-12(10-18(16)24)19-9-7-15(33-19)11-17-20(28)26-23(31)27(21(17)29)14-5-3-13(25)4-6-14/h2-11H,1H3,(H,26,28,31)/b17-11+. The number of carbonyl (C=O) groups is 4. The molecule has 1 aromatic heterocycles. The van der Waals surface area contributed by atoms with Crippen LogP contribution in [0.3, 0.4) is 0 Å². The van der Waals surface area contributed by atoms with Gasteiger partial charge in [-0.25, -0.2) is 18.9 Å². The van der Waals surface area contributed by atoms with Gasteiger partial charge in [-0.15, -0.1) is 0 Å². The van der Waals surface area contributed by atoms with E-state index in [1.165, 1.54) is 43.5 Å². The van der Waals surface area contributed by atoms with Crippen molar-refractivity contribution in [3.8, 4) is 11.3 Å². The number of barbiturate groups is 1. The maximum Gasteiger partial charge on any atom is 0.339 e. The van der Waals surface area contributed by atoms with Crippen LogP contribution in [0.1, 0.15) is 16.1 Å². The van der Waals surface area contributed by atoms with Gasteiger partial charge >= 0.3 is 12.0 Å². The number of urea groups is 1. The summed E-state index contributed by atoms with van der Waals surface area (Å²) in [6, 6.07) is 11.4. The molecule has 0 atom stereocenters. The molecule has 2 aromatic carbocycles. The van der Waals surface area contributed by atoms with E-state index in [0.717, 1.165) is 17.0 Å². The number of halogens is 2. The molecule has 4 amide bonds. The van der Waals surface area contributed by atoms with Crippen LogP contribution >= 0.6 is 11.6 Å². The summed E-state index contributed by atoms with van der Waals surface area (Å²) >= 11 is 6.14. The summed E-state index contributed by atoms with van der Waals surface area (Å²) in [6.07, 6.45) is 1.19. The maximum atomic E-state index is 13.2. The lowest BCUT2D eigenvalue weighted by molar-refractivity contribution is -0.122. The van der Waals surface area contributed by atoms with Crippen LogP contribution in [0.25, 0.3) is 17.4 Å². The molecule has 166 valence electrons. The highest BCUT2D eigenvalue weighted by molar-refractivity contribution is 6.39. The van der Waals surface area contributed by atoms with Crippen LogP contribution in [0, 0.1) is 5.82 Å². The van der Waals surface area contributed by atoms with Crippen molar-refractivity contribution in [3.63, 3.8) is 0 Å². The molecule has 0 bridgehead atoms. The number of amides is 4. The van der Waals surface area contributed by atoms with E-state index >= 15 is 0 Å². The molecule has 1 N–H and O–H groups in total. The predicted octanol–water partition coefficient (Wildman–Crippen LogP) is 4.19. The van der Waals surface area contributed by atoms with E-state index in [0.29, 0.717) is 11.3 Å². The Bertz CT molecular complexity index is 1330. The molecule has 4 rings (SSSR count). The highest BCUT2D eigenvalue weighted by Crippen LogP contribution is 2.29. The van der Waals surface area contributed by atoms with Gasteiger partial charge in [0, 0.05) is 5.56 Å². The number of benzene rings is 2. The fraction of sp³-hybridized carbons (Fsp3) is 0.0435. The van der Waals surface area contributed by atoms with E-state index in [-0.39, 0.29) is 27.6 Å². The van der Waals surface area contributed by atoms with Crippen LogP contribution in [-0.4, -0.2) is 30.9 Å². The molecule has 3 aromatic rings. The van der Waals surface area contributed by atoms with Crippen molar-refractivity contribution < 1.29 is 32.7 Å². The van der Waals surface area contributed by atoms with E-state index in [2.05, 4.69) is 10.1 Å². The summed E-state index contributed by atoms with van der Waals surface area (Å²) < 4.78 is 23.6. The van der Waals surface area contributed by atoms with Gasteiger partial charge in [0.1, 0.15) is 22.9 Å². The summed E-state index contributed by atoms with van der Waals surface area (Å²) in [5, 5.41) is 2.23. The lowest BCUT2D eigenvalue weighted by atomic mass is 10.1. The minimum Gasteiger partial charge on any atom is -0.465 e. The molecule has 0 aliphatic carbocycles. The molecule has 0 spiro atoms. The molecule has 1 aliphatic heterocycles. The molecule has 0 radical (unpaired) electrons. The molecular formula is C23H14ClFN2O6. The van der Waals surface area contributed by atoms with Gasteiger partial charge in [0.2, 0.25) is 0 Å². The zero-order valence-corrected chi connectivity index (χ0v) is 17.7. The van der Waals surface area contributed by atoms with Gasteiger partial charge in [-0.1, -0.05) is 17.7 Å². The second-order valence-corrected chi connectivity index (χ2v) is 7.23. The number of nitrogens with one attached hydrogen (secondary N) is 1. The Morgan fingerprint density at radius 1 is 1.09 bits per heavy atom. The molecule has 1 saturated heterocycles. The molecule has 0 saturated carbocycles. The molecule has 33 heavy (non-hydrogen) atoms. The molecule has 0 unspecified atom stereocenters. The quantitative estimate of drug-likeness (QED) is 0.349. The summed E-state index contributed by atoms with van der Waals surface area (Å²) in [5.41, 5.74) is 0.475. The molecular weight excluding hydrogens is 455 g/mol. The average molecular weight is 469 g/mol. The number of esters is 1. The number of imide groups is 2. The van der Waals surface area contributed by atoms with E-state index in [1.807, 2.05) is 0 Å². The number of rotatable bonds is 4. The smallest absolute Gasteiger partial charge is 0.339 e. The van der Waals surface area contributed by atoms with E-state index in [4.69, 9.17) is 16.0 Å². The number of nitrogens with zero attached hydrogens (tertiary/aromatic N) is 1. The lowest BCUT2D eigenvalue weighted by Crippen LogP contribution is -2.54. The molecule has 1 fully saturated rings. The Hall–Kier alpha value is -4.24. The number of methoxy groups -OCH3 is 1. The topological polar surface area (TPSA) is 106 Å². The van der Waals surface area contributed by atoms with Crippen molar-refractivity contribution >= 4 is 47.2 Å². The van der Waals surface area contributed by atoms with Crippen LogP contribution in [-0.2, 0) is 14.3 Å². The number of furan rings is 1. The van der Waals surface area contributed by atoms with Gasteiger partial charge in [0.05, 0.1) is 23.4 Å². The van der Waals surface area contributed by atoms with Gasteiger partial charge in [-0.3, -0.25) is 14.9 Å². The number of hydrogen-bond donors (Lipinski definition) is 1. The molecule has 2 heterocycles. The molecule has 8 nitrogen and oxygen atoms in total. The third-order valence-electron chi connectivity index (χ3n) is 4.76. The Labute approximate surface area is 191 Å². The fourth-order valence-corrected chi connectivity index (χ4v) is 3.41. The van der Waals surface area contributed by atoms with Crippen molar-refractivity contribution in [1.82, 2.24) is 5.32 Å². The summed E-state index contributed by atoms with van der Waals surface area (Å²) in [7, 11) is 1.24. The zero-order valence-electron chi connectivity index (χ0n) is 16.9. The summed E-state index contributed by atoms with van der Waals surface area (Å²) in [5.74, 6) is -2.40. The first-order chi connectivity index (χ1) is 15.8. The van der Waals surface area contributed by atoms with Crippen LogP contribution in [0.15, 0.2) is 64.6 Å². The van der Waals surface area contributed by atoms with Crippen LogP contribution in [0.5, 0.6) is 0 Å². The Kier molecular flexibility index (Phi) is 5.80. The zero-order chi connectivity index (χ0) is 23.7. The first-order valence-corrected chi connectivity index (χ1v) is 9.81. The minimum absolute atomic E-state index is 0.0952. The van der Waals surface area contributed by atoms with Crippen LogP contribution in [0.2, 0.25) is 5.02 Å². The van der Waals surface area contributed by atoms with E-state index in [1.54, 1.807) is 12.1 Å². The highest BCUT2D eigenvalue weighted by atomic mass is 35.5.